The molecule has 0 radical (unpaired) electrons. The van der Waals surface area contributed by atoms with Crippen LogP contribution in [0.2, 0.25) is 0 Å². The minimum Gasteiger partial charge on any atom is -0.496 e. The molecule has 5 heteroatoms. The van der Waals surface area contributed by atoms with Crippen LogP contribution in [0.3, 0.4) is 0 Å². The first-order valence-electron chi connectivity index (χ1n) is 4.74. The van der Waals surface area contributed by atoms with Gasteiger partial charge in [-0.1, -0.05) is 6.07 Å². The molecule has 0 amide bonds. The molecule has 0 N–H and O–H groups in total. The number of carbonyl (C=O) groups is 1. The maximum Gasteiger partial charge on any atom is 0.345 e. The number of alkyl halides is 1. The Balaban J connectivity index is 2.88. The molecule has 1 aromatic rings. The minimum atomic E-state index is -1.76. The average molecular weight is 291 g/mol. The Labute approximate surface area is 102 Å². The Bertz CT molecular complexity index is 381. The molecule has 1 atom stereocenters. The third-order valence-electron chi connectivity index (χ3n) is 1.96. The highest BCUT2D eigenvalue weighted by atomic mass is 79.9. The number of rotatable bonds is 4. The van der Waals surface area contributed by atoms with Gasteiger partial charge < -0.3 is 9.47 Å². The van der Waals surface area contributed by atoms with Gasteiger partial charge >= 0.3 is 5.97 Å². The summed E-state index contributed by atoms with van der Waals surface area (Å²) in [6.45, 7) is 1.80. The van der Waals surface area contributed by atoms with E-state index in [1.54, 1.807) is 13.0 Å². The van der Waals surface area contributed by atoms with Gasteiger partial charge in [0.25, 0.3) is 0 Å². The number of ether oxygens (including phenoxy) is 2. The largest absolute Gasteiger partial charge is 0.496 e. The predicted molar refractivity (Wildman–Crippen MR) is 61.2 cm³/mol. The van der Waals surface area contributed by atoms with Gasteiger partial charge in [0.05, 0.1) is 18.2 Å². The number of methoxy groups -OCH3 is 1. The molecule has 1 aromatic carbocycles. The summed E-state index contributed by atoms with van der Waals surface area (Å²) in [7, 11) is 1.51. The van der Waals surface area contributed by atoms with Crippen LogP contribution in [0.15, 0.2) is 22.7 Å². The maximum atomic E-state index is 13.6. The summed E-state index contributed by atoms with van der Waals surface area (Å²) in [6.07, 6.45) is -1.76. The molecule has 0 aliphatic carbocycles. The van der Waals surface area contributed by atoms with Crippen LogP contribution in [0, 0.1) is 0 Å². The quantitative estimate of drug-likeness (QED) is 0.800. The van der Waals surface area contributed by atoms with Gasteiger partial charge in [-0.15, -0.1) is 0 Å². The van der Waals surface area contributed by atoms with Crippen molar-refractivity contribution >= 4 is 21.9 Å². The number of hydrogen-bond acceptors (Lipinski definition) is 3. The molecule has 1 rings (SSSR count). The summed E-state index contributed by atoms with van der Waals surface area (Å²) in [5.41, 5.74) is 0.242. The van der Waals surface area contributed by atoms with Crippen LogP contribution in [-0.4, -0.2) is 19.7 Å². The highest BCUT2D eigenvalue weighted by molar-refractivity contribution is 9.10. The molecular weight excluding hydrogens is 279 g/mol. The van der Waals surface area contributed by atoms with Crippen molar-refractivity contribution in [2.75, 3.05) is 13.7 Å². The van der Waals surface area contributed by atoms with Crippen molar-refractivity contribution in [2.45, 2.75) is 13.1 Å². The lowest BCUT2D eigenvalue weighted by atomic mass is 10.1. The van der Waals surface area contributed by atoms with Crippen molar-refractivity contribution in [3.05, 3.63) is 28.2 Å². The number of benzene rings is 1. The van der Waals surface area contributed by atoms with E-state index < -0.39 is 12.1 Å². The van der Waals surface area contributed by atoms with E-state index in [0.717, 1.165) is 0 Å². The van der Waals surface area contributed by atoms with Gasteiger partial charge in [-0.05, 0) is 40.5 Å². The normalized spacial score (nSPS) is 12.0. The summed E-state index contributed by atoms with van der Waals surface area (Å²) in [5, 5.41) is 0. The van der Waals surface area contributed by atoms with E-state index >= 15 is 0 Å². The molecule has 0 aliphatic heterocycles. The van der Waals surface area contributed by atoms with Crippen molar-refractivity contribution in [3.63, 3.8) is 0 Å². The summed E-state index contributed by atoms with van der Waals surface area (Å²) in [4.78, 5) is 11.2. The molecule has 0 fully saturated rings. The Kier molecular flexibility index (Phi) is 4.73. The van der Waals surface area contributed by atoms with E-state index in [1.165, 1.54) is 19.2 Å². The van der Waals surface area contributed by atoms with Crippen LogP contribution in [0.4, 0.5) is 4.39 Å². The first-order valence-corrected chi connectivity index (χ1v) is 5.53. The van der Waals surface area contributed by atoms with E-state index in [4.69, 9.17) is 4.74 Å². The topological polar surface area (TPSA) is 35.5 Å². The van der Waals surface area contributed by atoms with Crippen molar-refractivity contribution < 1.29 is 18.7 Å². The van der Waals surface area contributed by atoms with E-state index in [-0.39, 0.29) is 12.2 Å². The molecule has 0 aromatic heterocycles. The fourth-order valence-corrected chi connectivity index (χ4v) is 1.75. The second-order valence-electron chi connectivity index (χ2n) is 3.01. The molecule has 0 spiro atoms. The summed E-state index contributed by atoms with van der Waals surface area (Å²) < 4.78 is 23.8. The van der Waals surface area contributed by atoms with Crippen LogP contribution in [-0.2, 0) is 9.53 Å². The van der Waals surface area contributed by atoms with Gasteiger partial charge in [-0.2, -0.15) is 0 Å². The Morgan fingerprint density at radius 1 is 1.56 bits per heavy atom. The molecule has 3 nitrogen and oxygen atoms in total. The Morgan fingerprint density at radius 3 is 2.75 bits per heavy atom. The average Bonchev–Trinajstić information content (AvgIpc) is 2.28. The Hall–Kier alpha value is -1.10. The maximum absolute atomic E-state index is 13.6. The molecule has 0 bridgehead atoms. The van der Waals surface area contributed by atoms with Gasteiger partial charge in [-0.3, -0.25) is 0 Å². The second-order valence-corrected chi connectivity index (χ2v) is 3.86. The van der Waals surface area contributed by atoms with Gasteiger partial charge in [-0.25, -0.2) is 9.18 Å². The predicted octanol–water partition coefficient (Wildman–Crippen LogP) is 3.03. The van der Waals surface area contributed by atoms with Gasteiger partial charge in [0.15, 0.2) is 0 Å². The zero-order valence-corrected chi connectivity index (χ0v) is 10.6. The first kappa shape index (κ1) is 13.0. The highest BCUT2D eigenvalue weighted by Gasteiger charge is 2.21. The monoisotopic (exact) mass is 290 g/mol. The summed E-state index contributed by atoms with van der Waals surface area (Å²) in [5.74, 6) is -0.292. The molecule has 0 aliphatic rings. The van der Waals surface area contributed by atoms with Gasteiger partial charge in [0.2, 0.25) is 6.17 Å². The SMILES string of the molecule is CCOC(=O)C(F)c1ccc(OC)c(Br)c1. The van der Waals surface area contributed by atoms with Crippen LogP contribution in [0.1, 0.15) is 18.7 Å². The molecule has 1 unspecified atom stereocenters. The lowest BCUT2D eigenvalue weighted by Gasteiger charge is -2.09. The molecule has 0 heterocycles. The molecule has 88 valence electrons. The first-order chi connectivity index (χ1) is 7.60. The standard InChI is InChI=1S/C11H12BrFO3/c1-3-16-11(14)10(13)7-4-5-9(15-2)8(12)6-7/h4-6,10H,3H2,1-2H3. The lowest BCUT2D eigenvalue weighted by molar-refractivity contribution is -0.149. The van der Waals surface area contributed by atoms with Gasteiger partial charge in [0.1, 0.15) is 5.75 Å². The summed E-state index contributed by atoms with van der Waals surface area (Å²) in [6, 6.07) is 4.58. The number of carbonyl (C=O) groups excluding carboxylic acids is 1. The summed E-state index contributed by atoms with van der Waals surface area (Å²) >= 11 is 3.22. The molecule has 0 saturated carbocycles. The Morgan fingerprint density at radius 2 is 2.25 bits per heavy atom. The fraction of sp³-hybridized carbons (Fsp3) is 0.364. The molecule has 16 heavy (non-hydrogen) atoms. The van der Waals surface area contributed by atoms with Crippen molar-refractivity contribution in [1.82, 2.24) is 0 Å². The van der Waals surface area contributed by atoms with Crippen LogP contribution >= 0.6 is 15.9 Å². The lowest BCUT2D eigenvalue weighted by Crippen LogP contribution is -2.11. The fourth-order valence-electron chi connectivity index (χ4n) is 1.19. The van der Waals surface area contributed by atoms with E-state index in [9.17, 15) is 9.18 Å². The van der Waals surface area contributed by atoms with Crippen molar-refractivity contribution in [1.29, 1.82) is 0 Å². The third kappa shape index (κ3) is 2.95. The highest BCUT2D eigenvalue weighted by Crippen LogP contribution is 2.29. The zero-order chi connectivity index (χ0) is 12.1. The van der Waals surface area contributed by atoms with Gasteiger partial charge in [0, 0.05) is 0 Å². The number of halogens is 2. The zero-order valence-electron chi connectivity index (χ0n) is 9.00. The second kappa shape index (κ2) is 5.84. The smallest absolute Gasteiger partial charge is 0.345 e. The van der Waals surface area contributed by atoms with Crippen LogP contribution < -0.4 is 4.74 Å². The van der Waals surface area contributed by atoms with Crippen LogP contribution in [0.5, 0.6) is 5.75 Å². The van der Waals surface area contributed by atoms with Crippen LogP contribution in [0.25, 0.3) is 0 Å². The number of hydrogen-bond donors (Lipinski definition) is 0. The van der Waals surface area contributed by atoms with E-state index in [1.807, 2.05) is 0 Å². The van der Waals surface area contributed by atoms with Crippen molar-refractivity contribution in [2.24, 2.45) is 0 Å². The molecular formula is C11H12BrFO3. The minimum absolute atomic E-state index is 0.163. The van der Waals surface area contributed by atoms with E-state index in [2.05, 4.69) is 20.7 Å². The molecule has 0 saturated heterocycles. The third-order valence-corrected chi connectivity index (χ3v) is 2.58. The van der Waals surface area contributed by atoms with Crippen molar-refractivity contribution in [3.8, 4) is 5.75 Å². The number of esters is 1. The van der Waals surface area contributed by atoms with E-state index in [0.29, 0.717) is 10.2 Å².